The van der Waals surface area contributed by atoms with Crippen LogP contribution in [0.15, 0.2) is 61.2 Å². The number of likely N-dealkylation sites (tertiary alicyclic amines) is 1. The van der Waals surface area contributed by atoms with E-state index >= 15 is 0 Å². The number of hydrogen-bond acceptors (Lipinski definition) is 10. The average Bonchev–Trinajstić information content (AvgIpc) is 3.66. The largest absolute Gasteiger partial charge is 0.492 e. The van der Waals surface area contributed by atoms with Crippen LogP contribution >= 0.6 is 0 Å². The van der Waals surface area contributed by atoms with Crippen molar-refractivity contribution in [3.63, 3.8) is 0 Å². The van der Waals surface area contributed by atoms with E-state index in [2.05, 4.69) is 30.2 Å². The van der Waals surface area contributed by atoms with E-state index in [0.717, 1.165) is 35.8 Å². The monoisotopic (exact) mass is 733 g/mol. The Morgan fingerprint density at radius 3 is 1.69 bits per heavy atom. The molecule has 3 aromatic heterocycles. The molecule has 2 fully saturated rings. The van der Waals surface area contributed by atoms with Crippen LogP contribution in [0.3, 0.4) is 0 Å². The summed E-state index contributed by atoms with van der Waals surface area (Å²) in [6.45, 7) is 7.40. The van der Waals surface area contributed by atoms with E-state index in [4.69, 9.17) is 9.47 Å². The standard InChI is InChI=1S/C35H41F6N9O2/c1-3-51-27-21-24(22-28(52-4-2)31(27)48-17-5-6-18-48)23-47-19-11-26(12-20-47)50(33-44-16-10-30(46-33)35(39,40)41)49(25-7-13-42-14-8-25)32-43-15-9-29(45-32)34(36,37)38/h5-6,9-10,15-18,21-22,25-26,42H,3-4,7-8,11-14,19-20,23H2,1-2H3. The van der Waals surface area contributed by atoms with E-state index in [9.17, 15) is 26.3 Å². The average molecular weight is 734 g/mol. The summed E-state index contributed by atoms with van der Waals surface area (Å²) in [7, 11) is 0. The van der Waals surface area contributed by atoms with Crippen molar-refractivity contribution in [3.05, 3.63) is 78.1 Å². The summed E-state index contributed by atoms with van der Waals surface area (Å²) < 4.78 is 97.5. The van der Waals surface area contributed by atoms with Crippen molar-refractivity contribution in [1.29, 1.82) is 0 Å². The lowest BCUT2D eigenvalue weighted by Gasteiger charge is -2.47. The number of nitrogens with one attached hydrogen (secondary N) is 1. The second kappa shape index (κ2) is 15.9. The molecule has 280 valence electrons. The Hall–Kier alpha value is -4.64. The van der Waals surface area contributed by atoms with Crippen molar-refractivity contribution in [2.45, 2.75) is 70.5 Å². The Morgan fingerprint density at radius 2 is 1.23 bits per heavy atom. The highest BCUT2D eigenvalue weighted by Gasteiger charge is 2.40. The molecule has 2 saturated heterocycles. The molecule has 0 radical (unpaired) electrons. The number of anilines is 2. The highest BCUT2D eigenvalue weighted by atomic mass is 19.4. The molecule has 2 aliphatic heterocycles. The van der Waals surface area contributed by atoms with Crippen molar-refractivity contribution < 1.29 is 35.8 Å². The number of benzene rings is 1. The van der Waals surface area contributed by atoms with Gasteiger partial charge in [0.2, 0.25) is 11.9 Å². The fraction of sp³-hybridized carbons (Fsp3) is 0.486. The van der Waals surface area contributed by atoms with Gasteiger partial charge in [-0.1, -0.05) is 0 Å². The Labute approximate surface area is 297 Å². The van der Waals surface area contributed by atoms with Crippen LogP contribution in [0.1, 0.15) is 56.5 Å². The molecule has 6 rings (SSSR count). The van der Waals surface area contributed by atoms with Crippen LogP contribution < -0.4 is 24.8 Å². The maximum atomic E-state index is 13.9. The summed E-state index contributed by atoms with van der Waals surface area (Å²) in [5.41, 5.74) is -0.568. The van der Waals surface area contributed by atoms with Gasteiger partial charge in [0.1, 0.15) is 28.6 Å². The first kappa shape index (κ1) is 37.1. The zero-order valence-electron chi connectivity index (χ0n) is 28.9. The summed E-state index contributed by atoms with van der Waals surface area (Å²) in [6, 6.07) is 8.43. The van der Waals surface area contributed by atoms with Crippen LogP contribution in [0.4, 0.5) is 38.2 Å². The first-order valence-electron chi connectivity index (χ1n) is 17.3. The summed E-state index contributed by atoms with van der Waals surface area (Å²) in [6.07, 6.45) is -1.80. The van der Waals surface area contributed by atoms with Crippen LogP contribution in [-0.2, 0) is 18.9 Å². The van der Waals surface area contributed by atoms with Crippen molar-refractivity contribution in [1.82, 2.24) is 34.7 Å². The number of hydrogen-bond donors (Lipinski definition) is 1. The van der Waals surface area contributed by atoms with Crippen molar-refractivity contribution >= 4 is 11.9 Å². The van der Waals surface area contributed by atoms with Gasteiger partial charge in [0, 0.05) is 44.4 Å². The van der Waals surface area contributed by atoms with Gasteiger partial charge in [-0.05, 0) is 94.6 Å². The molecule has 2 aliphatic rings. The number of rotatable bonds is 12. The SMILES string of the molecule is CCOc1cc(CN2CCC(N(c3nccc(C(F)(F)F)n3)N(c3nccc(C(F)(F)F)n3)C3CCNCC3)CC2)cc(OCC)c1-n1cccc1. The van der Waals surface area contributed by atoms with Gasteiger partial charge in [0.25, 0.3) is 0 Å². The van der Waals surface area contributed by atoms with Gasteiger partial charge in [-0.15, -0.1) is 0 Å². The lowest BCUT2D eigenvalue weighted by molar-refractivity contribution is -0.142. The Morgan fingerprint density at radius 1 is 0.750 bits per heavy atom. The van der Waals surface area contributed by atoms with Crippen LogP contribution in [-0.4, -0.2) is 80.9 Å². The summed E-state index contributed by atoms with van der Waals surface area (Å²) in [5, 5.41) is 6.23. The predicted molar refractivity (Wildman–Crippen MR) is 181 cm³/mol. The molecule has 1 N–H and O–H groups in total. The minimum atomic E-state index is -4.77. The van der Waals surface area contributed by atoms with E-state index in [0.29, 0.717) is 83.1 Å². The van der Waals surface area contributed by atoms with Crippen LogP contribution in [0.2, 0.25) is 0 Å². The topological polar surface area (TPSA) is 96.7 Å². The molecule has 1 aromatic carbocycles. The van der Waals surface area contributed by atoms with Gasteiger partial charge in [-0.2, -0.15) is 26.3 Å². The van der Waals surface area contributed by atoms with Gasteiger partial charge < -0.3 is 19.4 Å². The number of aromatic nitrogens is 5. The molecule has 17 heteroatoms. The summed E-state index contributed by atoms with van der Waals surface area (Å²) >= 11 is 0. The predicted octanol–water partition coefficient (Wildman–Crippen LogP) is 6.54. The van der Waals surface area contributed by atoms with E-state index < -0.39 is 35.8 Å². The van der Waals surface area contributed by atoms with Gasteiger partial charge in [-0.25, -0.2) is 30.0 Å². The summed E-state index contributed by atoms with van der Waals surface area (Å²) in [5.74, 6) is 0.776. The fourth-order valence-electron chi connectivity index (χ4n) is 6.73. The first-order valence-corrected chi connectivity index (χ1v) is 17.3. The molecule has 0 unspecified atom stereocenters. The number of piperidine rings is 2. The number of hydrazine groups is 1. The molecule has 0 aliphatic carbocycles. The number of ether oxygens (including phenoxy) is 2. The van der Waals surface area contributed by atoms with E-state index in [1.54, 1.807) is 0 Å². The molecule has 4 aromatic rings. The molecule has 0 amide bonds. The van der Waals surface area contributed by atoms with Crippen LogP contribution in [0.5, 0.6) is 11.5 Å². The number of alkyl halides is 6. The first-order chi connectivity index (χ1) is 25.0. The van der Waals surface area contributed by atoms with E-state index in [1.807, 2.05) is 55.1 Å². The normalized spacial score (nSPS) is 16.5. The lowest BCUT2D eigenvalue weighted by atomic mass is 10.0. The summed E-state index contributed by atoms with van der Waals surface area (Å²) in [4.78, 5) is 18.5. The maximum Gasteiger partial charge on any atom is 0.433 e. The fourth-order valence-corrected chi connectivity index (χ4v) is 6.73. The van der Waals surface area contributed by atoms with Gasteiger partial charge in [0.05, 0.1) is 25.3 Å². The molecule has 0 atom stereocenters. The van der Waals surface area contributed by atoms with Crippen molar-refractivity contribution in [2.24, 2.45) is 0 Å². The third-order valence-electron chi connectivity index (χ3n) is 9.03. The number of halogens is 6. The minimum absolute atomic E-state index is 0.278. The highest BCUT2D eigenvalue weighted by molar-refractivity contribution is 5.59. The lowest BCUT2D eigenvalue weighted by Crippen LogP contribution is -2.59. The molecule has 11 nitrogen and oxygen atoms in total. The zero-order chi connectivity index (χ0) is 36.9. The third kappa shape index (κ3) is 8.52. The quantitative estimate of drug-likeness (QED) is 0.128. The zero-order valence-corrected chi connectivity index (χ0v) is 28.9. The van der Waals surface area contributed by atoms with Crippen LogP contribution in [0, 0.1) is 0 Å². The molecule has 52 heavy (non-hydrogen) atoms. The van der Waals surface area contributed by atoms with Crippen molar-refractivity contribution in [3.8, 4) is 17.2 Å². The molecule has 0 bridgehead atoms. The Balaban J connectivity index is 1.33. The molecule has 5 heterocycles. The van der Waals surface area contributed by atoms with Gasteiger partial charge in [-0.3, -0.25) is 4.90 Å². The molecule has 0 saturated carbocycles. The Kier molecular flexibility index (Phi) is 11.4. The molecular weight excluding hydrogens is 692 g/mol. The molecular formula is C35H41F6N9O2. The van der Waals surface area contributed by atoms with Crippen molar-refractivity contribution in [2.75, 3.05) is 49.4 Å². The third-order valence-corrected chi connectivity index (χ3v) is 9.03. The second-order valence-electron chi connectivity index (χ2n) is 12.6. The number of nitrogens with zero attached hydrogens (tertiary/aromatic N) is 8. The van der Waals surface area contributed by atoms with E-state index in [1.165, 1.54) is 10.0 Å². The second-order valence-corrected chi connectivity index (χ2v) is 12.6. The minimum Gasteiger partial charge on any atom is -0.492 e. The Bertz CT molecular complexity index is 1730. The van der Waals surface area contributed by atoms with Crippen LogP contribution in [0.25, 0.3) is 5.69 Å². The van der Waals surface area contributed by atoms with Gasteiger partial charge >= 0.3 is 12.4 Å². The van der Waals surface area contributed by atoms with Gasteiger partial charge in [0.15, 0.2) is 0 Å². The molecule has 0 spiro atoms. The smallest absolute Gasteiger partial charge is 0.433 e. The highest BCUT2D eigenvalue weighted by Crippen LogP contribution is 2.37. The maximum absolute atomic E-state index is 13.9. The van der Waals surface area contributed by atoms with E-state index in [-0.39, 0.29) is 11.9 Å².